The summed E-state index contributed by atoms with van der Waals surface area (Å²) in [5, 5.41) is 5.18. The van der Waals surface area contributed by atoms with Crippen molar-refractivity contribution < 1.29 is 0 Å². The number of aromatic nitrogens is 2. The molecule has 1 aromatic carbocycles. The highest BCUT2D eigenvalue weighted by molar-refractivity contribution is 6.30. The standard InChI is InChI=1S/C16H20ClN3/c1-2-20-11-13(9-18-20)10-19-7-6-15(12-19)14-4-3-5-16(17)8-14/h3-5,8-9,11,15H,2,6-7,10,12H2,1H3/t15-/m0/s1. The molecular formula is C16H20ClN3. The number of rotatable bonds is 4. The zero-order valence-electron chi connectivity index (χ0n) is 11.8. The predicted molar refractivity (Wildman–Crippen MR) is 82.0 cm³/mol. The second kappa shape index (κ2) is 5.98. The molecule has 1 aliphatic rings. The third kappa shape index (κ3) is 3.05. The summed E-state index contributed by atoms with van der Waals surface area (Å²) in [6, 6.07) is 8.28. The molecule has 1 aliphatic heterocycles. The largest absolute Gasteiger partial charge is 0.298 e. The second-order valence-corrected chi connectivity index (χ2v) is 5.92. The summed E-state index contributed by atoms with van der Waals surface area (Å²) in [6.07, 6.45) is 5.34. The van der Waals surface area contributed by atoms with Gasteiger partial charge in [-0.2, -0.15) is 5.10 Å². The molecule has 1 aromatic heterocycles. The molecule has 3 nitrogen and oxygen atoms in total. The van der Waals surface area contributed by atoms with Crippen molar-refractivity contribution in [3.05, 3.63) is 52.8 Å². The Morgan fingerprint density at radius 1 is 1.40 bits per heavy atom. The molecule has 0 N–H and O–H groups in total. The van der Waals surface area contributed by atoms with Crippen LogP contribution in [0.15, 0.2) is 36.7 Å². The molecule has 0 unspecified atom stereocenters. The van der Waals surface area contributed by atoms with Crippen LogP contribution in [0.25, 0.3) is 0 Å². The minimum atomic E-state index is 0.606. The number of aryl methyl sites for hydroxylation is 1. The highest BCUT2D eigenvalue weighted by Gasteiger charge is 2.24. The fraction of sp³-hybridized carbons (Fsp3) is 0.438. The summed E-state index contributed by atoms with van der Waals surface area (Å²) < 4.78 is 1.99. The van der Waals surface area contributed by atoms with Crippen LogP contribution in [-0.2, 0) is 13.1 Å². The quantitative estimate of drug-likeness (QED) is 0.858. The van der Waals surface area contributed by atoms with E-state index in [2.05, 4.69) is 35.3 Å². The van der Waals surface area contributed by atoms with Gasteiger partial charge in [0.1, 0.15) is 0 Å². The number of hydrogen-bond acceptors (Lipinski definition) is 2. The molecule has 3 rings (SSSR count). The first kappa shape index (κ1) is 13.7. The Hall–Kier alpha value is -1.32. The summed E-state index contributed by atoms with van der Waals surface area (Å²) in [6.45, 7) is 6.30. The van der Waals surface area contributed by atoms with E-state index in [-0.39, 0.29) is 0 Å². The lowest BCUT2D eigenvalue weighted by atomic mass is 9.99. The summed E-state index contributed by atoms with van der Waals surface area (Å²) in [5.74, 6) is 0.606. The molecule has 1 saturated heterocycles. The molecule has 4 heteroatoms. The molecule has 0 bridgehead atoms. The van der Waals surface area contributed by atoms with Gasteiger partial charge in [-0.3, -0.25) is 9.58 Å². The summed E-state index contributed by atoms with van der Waals surface area (Å²) in [4.78, 5) is 2.50. The van der Waals surface area contributed by atoms with Crippen molar-refractivity contribution >= 4 is 11.6 Å². The fourth-order valence-corrected chi connectivity index (χ4v) is 3.13. The molecule has 0 spiro atoms. The van der Waals surface area contributed by atoms with Crippen molar-refractivity contribution in [3.63, 3.8) is 0 Å². The smallest absolute Gasteiger partial charge is 0.0534 e. The van der Waals surface area contributed by atoms with Gasteiger partial charge in [0.25, 0.3) is 0 Å². The Balaban J connectivity index is 1.62. The Bertz CT molecular complexity index is 579. The topological polar surface area (TPSA) is 21.1 Å². The zero-order valence-corrected chi connectivity index (χ0v) is 12.6. The first-order valence-electron chi connectivity index (χ1n) is 7.23. The average molecular weight is 290 g/mol. The lowest BCUT2D eigenvalue weighted by Gasteiger charge is -2.15. The van der Waals surface area contributed by atoms with Crippen molar-refractivity contribution in [2.45, 2.75) is 32.4 Å². The van der Waals surface area contributed by atoms with Crippen LogP contribution in [0, 0.1) is 0 Å². The number of benzene rings is 1. The van der Waals surface area contributed by atoms with Crippen LogP contribution in [0.3, 0.4) is 0 Å². The number of nitrogens with zero attached hydrogens (tertiary/aromatic N) is 3. The van der Waals surface area contributed by atoms with E-state index in [1.165, 1.54) is 17.5 Å². The van der Waals surface area contributed by atoms with E-state index < -0.39 is 0 Å². The molecule has 1 atom stereocenters. The van der Waals surface area contributed by atoms with Gasteiger partial charge in [-0.1, -0.05) is 23.7 Å². The Kier molecular flexibility index (Phi) is 4.08. The van der Waals surface area contributed by atoms with Gasteiger partial charge in [-0.05, 0) is 43.5 Å². The Morgan fingerprint density at radius 3 is 3.05 bits per heavy atom. The number of likely N-dealkylation sites (tertiary alicyclic amines) is 1. The maximum atomic E-state index is 6.08. The average Bonchev–Trinajstić information content (AvgIpc) is 3.08. The van der Waals surface area contributed by atoms with Crippen LogP contribution in [0.1, 0.15) is 30.4 Å². The van der Waals surface area contributed by atoms with Crippen molar-refractivity contribution in [1.29, 1.82) is 0 Å². The van der Waals surface area contributed by atoms with Gasteiger partial charge in [0.15, 0.2) is 0 Å². The van der Waals surface area contributed by atoms with E-state index in [4.69, 9.17) is 11.6 Å². The van der Waals surface area contributed by atoms with Crippen LogP contribution in [0.2, 0.25) is 5.02 Å². The number of halogens is 1. The van der Waals surface area contributed by atoms with Gasteiger partial charge in [0, 0.05) is 36.4 Å². The zero-order chi connectivity index (χ0) is 13.9. The number of hydrogen-bond donors (Lipinski definition) is 0. The van der Waals surface area contributed by atoms with Crippen molar-refractivity contribution in [2.75, 3.05) is 13.1 Å². The minimum Gasteiger partial charge on any atom is -0.298 e. The molecule has 2 heterocycles. The molecule has 0 aliphatic carbocycles. The van der Waals surface area contributed by atoms with Gasteiger partial charge in [-0.25, -0.2) is 0 Å². The van der Waals surface area contributed by atoms with Gasteiger partial charge in [0.2, 0.25) is 0 Å². The van der Waals surface area contributed by atoms with Crippen LogP contribution in [0.5, 0.6) is 0 Å². The summed E-state index contributed by atoms with van der Waals surface area (Å²) in [5.41, 5.74) is 2.67. The first-order valence-corrected chi connectivity index (χ1v) is 7.61. The highest BCUT2D eigenvalue weighted by Crippen LogP contribution is 2.29. The molecule has 106 valence electrons. The highest BCUT2D eigenvalue weighted by atomic mass is 35.5. The van der Waals surface area contributed by atoms with Crippen LogP contribution >= 0.6 is 11.6 Å². The van der Waals surface area contributed by atoms with E-state index in [0.29, 0.717) is 5.92 Å². The monoisotopic (exact) mass is 289 g/mol. The summed E-state index contributed by atoms with van der Waals surface area (Å²) >= 11 is 6.08. The van der Waals surface area contributed by atoms with Crippen LogP contribution in [-0.4, -0.2) is 27.8 Å². The summed E-state index contributed by atoms with van der Waals surface area (Å²) in [7, 11) is 0. The molecule has 0 radical (unpaired) electrons. The van der Waals surface area contributed by atoms with E-state index in [0.717, 1.165) is 31.2 Å². The van der Waals surface area contributed by atoms with E-state index >= 15 is 0 Å². The van der Waals surface area contributed by atoms with Crippen molar-refractivity contribution in [1.82, 2.24) is 14.7 Å². The van der Waals surface area contributed by atoms with Gasteiger partial charge in [0.05, 0.1) is 6.20 Å². The van der Waals surface area contributed by atoms with Crippen LogP contribution in [0.4, 0.5) is 0 Å². The van der Waals surface area contributed by atoms with E-state index in [9.17, 15) is 0 Å². The van der Waals surface area contributed by atoms with E-state index in [1.54, 1.807) is 0 Å². The molecule has 1 fully saturated rings. The predicted octanol–water partition coefficient (Wildman–Crippen LogP) is 3.55. The Labute approximate surface area is 125 Å². The van der Waals surface area contributed by atoms with Crippen molar-refractivity contribution in [3.8, 4) is 0 Å². The molecule has 20 heavy (non-hydrogen) atoms. The Morgan fingerprint density at radius 2 is 2.30 bits per heavy atom. The van der Waals surface area contributed by atoms with Gasteiger partial charge < -0.3 is 0 Å². The molecular weight excluding hydrogens is 270 g/mol. The second-order valence-electron chi connectivity index (χ2n) is 5.48. The molecule has 2 aromatic rings. The third-order valence-corrected chi connectivity index (χ3v) is 4.24. The van der Waals surface area contributed by atoms with Gasteiger partial charge in [-0.15, -0.1) is 0 Å². The SMILES string of the molecule is CCn1cc(CN2CC[C@H](c3cccc(Cl)c3)C2)cn1. The van der Waals surface area contributed by atoms with Gasteiger partial charge >= 0.3 is 0 Å². The van der Waals surface area contributed by atoms with Crippen molar-refractivity contribution in [2.24, 2.45) is 0 Å². The van der Waals surface area contributed by atoms with E-state index in [1.807, 2.05) is 23.0 Å². The first-order chi connectivity index (χ1) is 9.74. The fourth-order valence-electron chi connectivity index (χ4n) is 2.93. The maximum absolute atomic E-state index is 6.08. The lowest BCUT2D eigenvalue weighted by Crippen LogP contribution is -2.19. The molecule has 0 amide bonds. The molecule has 0 saturated carbocycles. The van der Waals surface area contributed by atoms with Crippen LogP contribution < -0.4 is 0 Å². The lowest BCUT2D eigenvalue weighted by molar-refractivity contribution is 0.326. The maximum Gasteiger partial charge on any atom is 0.0534 e. The minimum absolute atomic E-state index is 0.606. The normalized spacial score (nSPS) is 19.6. The third-order valence-electron chi connectivity index (χ3n) is 4.01.